The SMILES string of the molecule is Cc1ccccc1/C=C1\Oc2c(ccc(OC(=O)CCc3cc(Cl)no3)c2C)C1=O. The maximum Gasteiger partial charge on any atom is 0.311 e. The number of carbonyl (C=O) groups is 2. The minimum atomic E-state index is -0.439. The maximum atomic E-state index is 12.7. The topological polar surface area (TPSA) is 78.6 Å². The van der Waals surface area contributed by atoms with E-state index in [1.807, 2.05) is 31.2 Å². The molecule has 7 heteroatoms. The van der Waals surface area contributed by atoms with E-state index in [0.717, 1.165) is 11.1 Å². The molecule has 0 fully saturated rings. The van der Waals surface area contributed by atoms with Gasteiger partial charge in [-0.15, -0.1) is 0 Å². The van der Waals surface area contributed by atoms with Crippen molar-refractivity contribution in [3.05, 3.63) is 81.4 Å². The molecule has 2 aromatic carbocycles. The summed E-state index contributed by atoms with van der Waals surface area (Å²) in [6.45, 7) is 3.72. The molecule has 1 aliphatic rings. The molecular formula is C23H18ClNO5. The number of nitrogens with zero attached hydrogens (tertiary/aromatic N) is 1. The van der Waals surface area contributed by atoms with Crippen LogP contribution in [-0.4, -0.2) is 16.9 Å². The van der Waals surface area contributed by atoms with Crippen molar-refractivity contribution in [1.29, 1.82) is 0 Å². The van der Waals surface area contributed by atoms with Crippen molar-refractivity contribution in [2.45, 2.75) is 26.7 Å². The highest BCUT2D eigenvalue weighted by atomic mass is 35.5. The summed E-state index contributed by atoms with van der Waals surface area (Å²) in [7, 11) is 0. The number of aryl methyl sites for hydroxylation is 2. The smallest absolute Gasteiger partial charge is 0.311 e. The molecule has 6 nitrogen and oxygen atoms in total. The van der Waals surface area contributed by atoms with Crippen molar-refractivity contribution in [3.63, 3.8) is 0 Å². The number of hydrogen-bond donors (Lipinski definition) is 0. The zero-order valence-corrected chi connectivity index (χ0v) is 17.2. The van der Waals surface area contributed by atoms with Crippen molar-refractivity contribution in [2.24, 2.45) is 0 Å². The van der Waals surface area contributed by atoms with Gasteiger partial charge in [-0.25, -0.2) is 0 Å². The van der Waals surface area contributed by atoms with Crippen molar-refractivity contribution < 1.29 is 23.6 Å². The zero-order valence-electron chi connectivity index (χ0n) is 16.4. The number of rotatable bonds is 5. The number of Topliss-reactive ketones (excluding diaryl/α,β-unsaturated/α-hetero) is 1. The van der Waals surface area contributed by atoms with Gasteiger partial charge < -0.3 is 14.0 Å². The number of benzene rings is 2. The second kappa shape index (κ2) is 8.16. The number of esters is 1. The van der Waals surface area contributed by atoms with E-state index in [1.54, 1.807) is 31.2 Å². The Balaban J connectivity index is 1.50. The van der Waals surface area contributed by atoms with E-state index in [4.69, 9.17) is 25.6 Å². The molecule has 1 aromatic heterocycles. The van der Waals surface area contributed by atoms with Crippen LogP contribution in [0.4, 0.5) is 0 Å². The molecule has 0 unspecified atom stereocenters. The van der Waals surface area contributed by atoms with Crippen LogP contribution in [0, 0.1) is 13.8 Å². The lowest BCUT2D eigenvalue weighted by atomic mass is 10.0. The van der Waals surface area contributed by atoms with Crippen molar-refractivity contribution in [3.8, 4) is 11.5 Å². The van der Waals surface area contributed by atoms with Crippen molar-refractivity contribution >= 4 is 29.4 Å². The monoisotopic (exact) mass is 423 g/mol. The van der Waals surface area contributed by atoms with Gasteiger partial charge in [0.15, 0.2) is 10.9 Å². The van der Waals surface area contributed by atoms with Crippen LogP contribution < -0.4 is 9.47 Å². The summed E-state index contributed by atoms with van der Waals surface area (Å²) in [4.78, 5) is 24.9. The Kier molecular flexibility index (Phi) is 5.42. The summed E-state index contributed by atoms with van der Waals surface area (Å²) in [6, 6.07) is 12.5. The first-order chi connectivity index (χ1) is 14.4. The Labute approximate surface area is 178 Å². The van der Waals surface area contributed by atoms with Gasteiger partial charge in [-0.05, 0) is 43.2 Å². The van der Waals surface area contributed by atoms with Gasteiger partial charge in [0.1, 0.15) is 17.3 Å². The zero-order chi connectivity index (χ0) is 21.3. The summed E-state index contributed by atoms with van der Waals surface area (Å²) in [5, 5.41) is 3.81. The van der Waals surface area contributed by atoms with Crippen LogP contribution in [0.3, 0.4) is 0 Å². The Morgan fingerprint density at radius 2 is 2.00 bits per heavy atom. The van der Waals surface area contributed by atoms with Gasteiger partial charge in [0.05, 0.1) is 12.0 Å². The lowest BCUT2D eigenvalue weighted by Crippen LogP contribution is -2.10. The minimum absolute atomic E-state index is 0.0975. The van der Waals surface area contributed by atoms with E-state index in [0.29, 0.717) is 34.8 Å². The average molecular weight is 424 g/mol. The van der Waals surface area contributed by atoms with Gasteiger partial charge in [-0.1, -0.05) is 41.0 Å². The van der Waals surface area contributed by atoms with Crippen molar-refractivity contribution in [1.82, 2.24) is 5.16 Å². The second-order valence-electron chi connectivity index (χ2n) is 6.95. The molecule has 0 radical (unpaired) electrons. The first-order valence-electron chi connectivity index (χ1n) is 9.37. The number of ketones is 1. The molecule has 0 spiro atoms. The number of ether oxygens (including phenoxy) is 2. The molecular weight excluding hydrogens is 406 g/mol. The summed E-state index contributed by atoms with van der Waals surface area (Å²) in [6.07, 6.45) is 2.15. The quantitative estimate of drug-likeness (QED) is 0.323. The molecule has 0 saturated heterocycles. The van der Waals surface area contributed by atoms with E-state index >= 15 is 0 Å². The van der Waals surface area contributed by atoms with Gasteiger partial charge in [0, 0.05) is 18.1 Å². The number of fused-ring (bicyclic) bond motifs is 1. The Hall–Kier alpha value is -3.38. The number of aromatic nitrogens is 1. The van der Waals surface area contributed by atoms with Crippen LogP contribution in [0.15, 0.2) is 52.7 Å². The molecule has 3 aromatic rings. The van der Waals surface area contributed by atoms with Gasteiger partial charge in [-0.2, -0.15) is 0 Å². The molecule has 1 aliphatic heterocycles. The van der Waals surface area contributed by atoms with Gasteiger partial charge >= 0.3 is 5.97 Å². The molecule has 0 amide bonds. The van der Waals surface area contributed by atoms with Gasteiger partial charge in [0.2, 0.25) is 5.78 Å². The van der Waals surface area contributed by atoms with E-state index in [-0.39, 0.29) is 23.1 Å². The molecule has 2 heterocycles. The van der Waals surface area contributed by atoms with Crippen molar-refractivity contribution in [2.75, 3.05) is 0 Å². The summed E-state index contributed by atoms with van der Waals surface area (Å²) >= 11 is 5.70. The Morgan fingerprint density at radius 3 is 2.73 bits per heavy atom. The number of halogens is 1. The molecule has 0 atom stereocenters. The average Bonchev–Trinajstić information content (AvgIpc) is 3.28. The normalized spacial score (nSPS) is 14.0. The maximum absolute atomic E-state index is 12.7. The van der Waals surface area contributed by atoms with Crippen LogP contribution in [0.5, 0.6) is 11.5 Å². The van der Waals surface area contributed by atoms with Crippen LogP contribution >= 0.6 is 11.6 Å². The van der Waals surface area contributed by atoms with E-state index in [9.17, 15) is 9.59 Å². The predicted octanol–water partition coefficient (Wildman–Crippen LogP) is 5.10. The summed E-state index contributed by atoms with van der Waals surface area (Å²) in [5.41, 5.74) is 2.98. The van der Waals surface area contributed by atoms with Crippen LogP contribution in [-0.2, 0) is 11.2 Å². The lowest BCUT2D eigenvalue weighted by molar-refractivity contribution is -0.134. The molecule has 4 rings (SSSR count). The number of hydrogen-bond acceptors (Lipinski definition) is 6. The molecule has 0 N–H and O–H groups in total. The summed E-state index contributed by atoms with van der Waals surface area (Å²) in [5.74, 6) is 0.865. The van der Waals surface area contributed by atoms with E-state index in [2.05, 4.69) is 5.16 Å². The highest BCUT2D eigenvalue weighted by molar-refractivity contribution is 6.29. The third-order valence-corrected chi connectivity index (χ3v) is 5.02. The van der Waals surface area contributed by atoms with Crippen LogP contribution in [0.25, 0.3) is 6.08 Å². The highest BCUT2D eigenvalue weighted by Crippen LogP contribution is 2.39. The van der Waals surface area contributed by atoms with E-state index in [1.165, 1.54) is 0 Å². The molecule has 0 aliphatic carbocycles. The fourth-order valence-electron chi connectivity index (χ4n) is 3.17. The Morgan fingerprint density at radius 1 is 1.20 bits per heavy atom. The second-order valence-corrected chi connectivity index (χ2v) is 7.34. The molecule has 0 saturated carbocycles. The number of allylic oxidation sites excluding steroid dienone is 1. The lowest BCUT2D eigenvalue weighted by Gasteiger charge is -2.09. The fourth-order valence-corrected chi connectivity index (χ4v) is 3.33. The van der Waals surface area contributed by atoms with Gasteiger partial charge in [0.25, 0.3) is 0 Å². The predicted molar refractivity (Wildman–Crippen MR) is 111 cm³/mol. The first kappa shape index (κ1) is 19.9. The standard InChI is InChI=1S/C23H18ClNO5/c1-13-5-3-4-6-15(13)11-19-22(27)17-8-9-18(14(2)23(17)29-19)28-21(26)10-7-16-12-20(24)25-30-16/h3-6,8-9,11-12H,7,10H2,1-2H3/b19-11-. The third-order valence-electron chi connectivity index (χ3n) is 4.84. The largest absolute Gasteiger partial charge is 0.452 e. The minimum Gasteiger partial charge on any atom is -0.452 e. The first-order valence-corrected chi connectivity index (χ1v) is 9.75. The molecule has 152 valence electrons. The Bertz CT molecular complexity index is 1180. The van der Waals surface area contributed by atoms with E-state index < -0.39 is 5.97 Å². The van der Waals surface area contributed by atoms with Gasteiger partial charge in [-0.3, -0.25) is 9.59 Å². The number of carbonyl (C=O) groups excluding carboxylic acids is 2. The molecule has 30 heavy (non-hydrogen) atoms. The van der Waals surface area contributed by atoms with Crippen LogP contribution in [0.2, 0.25) is 5.15 Å². The highest BCUT2D eigenvalue weighted by Gasteiger charge is 2.30. The van der Waals surface area contributed by atoms with Crippen LogP contribution in [0.1, 0.15) is 39.2 Å². The summed E-state index contributed by atoms with van der Waals surface area (Å²) < 4.78 is 16.3. The fraction of sp³-hybridized carbons (Fsp3) is 0.174. The molecule has 0 bridgehead atoms. The third kappa shape index (κ3) is 4.00.